The van der Waals surface area contributed by atoms with E-state index in [1.165, 1.54) is 0 Å². The summed E-state index contributed by atoms with van der Waals surface area (Å²) in [5, 5.41) is 58.9. The van der Waals surface area contributed by atoms with E-state index in [-0.39, 0.29) is 0 Å². The molecule has 22 heteroatoms. The van der Waals surface area contributed by atoms with Gasteiger partial charge >= 0.3 is 27.3 Å². The van der Waals surface area contributed by atoms with Crippen LogP contribution in [0.1, 0.15) is 6.23 Å². The number of phosphoric ester groups is 1. The van der Waals surface area contributed by atoms with Crippen LogP contribution < -0.4 is 11.2 Å². The van der Waals surface area contributed by atoms with Crippen molar-refractivity contribution in [3.63, 3.8) is 0 Å². The third-order valence-corrected chi connectivity index (χ3v) is 7.61. The lowest BCUT2D eigenvalue weighted by Crippen LogP contribution is -2.59. The van der Waals surface area contributed by atoms with E-state index in [0.717, 1.165) is 12.3 Å². The molecule has 37 heavy (non-hydrogen) atoms. The van der Waals surface area contributed by atoms with Gasteiger partial charge in [-0.2, -0.15) is 4.31 Å². The Hall–Kier alpha value is -1.87. The number of hydrogen-bond donors (Lipinski definition) is 9. The molecular formula is C15H22N2O18P2. The summed E-state index contributed by atoms with van der Waals surface area (Å²) in [5.41, 5.74) is -1.83. The van der Waals surface area contributed by atoms with Gasteiger partial charge in [0.1, 0.15) is 36.6 Å². The molecule has 3 heterocycles. The van der Waals surface area contributed by atoms with E-state index in [2.05, 4.69) is 18.1 Å². The van der Waals surface area contributed by atoms with E-state index in [0.29, 0.717) is 4.57 Å². The van der Waals surface area contributed by atoms with Gasteiger partial charge in [-0.1, -0.05) is 0 Å². The Labute approximate surface area is 204 Å². The molecule has 0 radical (unpaired) electrons. The second-order valence-electron chi connectivity index (χ2n) is 7.71. The fourth-order valence-electron chi connectivity index (χ4n) is 3.30. The molecule has 210 valence electrons. The first-order valence-electron chi connectivity index (χ1n) is 9.98. The summed E-state index contributed by atoms with van der Waals surface area (Å²) in [6, 6.07) is 0.893. The van der Waals surface area contributed by atoms with Crippen molar-refractivity contribution in [3.05, 3.63) is 33.1 Å². The van der Waals surface area contributed by atoms with Crippen molar-refractivity contribution in [1.29, 1.82) is 0 Å². The Morgan fingerprint density at radius 1 is 0.973 bits per heavy atom. The molecule has 0 saturated carbocycles. The standard InChI is InChI=1S/C15H22N2O18P2/c18-5-1-2-17(15(26)16-5)12-9(22)6(19)4(32-12)3-31-37(30,35-36(27,28)29)34-14(25)11-8(21)7(20)10(23)13(24)33-11/h1-2,4,6-13,19-24H,3H2,(H,16,18,26)(H2,27,28,29)/t4-,6?,7-,8-,9?,10+,11-,12-,13+,37?/m0/s1. The Morgan fingerprint density at radius 2 is 1.62 bits per heavy atom. The highest BCUT2D eigenvalue weighted by Gasteiger charge is 2.51. The molecule has 0 aliphatic carbocycles. The van der Waals surface area contributed by atoms with Crippen LogP contribution in [0.15, 0.2) is 21.9 Å². The van der Waals surface area contributed by atoms with Crippen molar-refractivity contribution in [3.8, 4) is 0 Å². The molecule has 1 aromatic heterocycles. The lowest BCUT2D eigenvalue weighted by atomic mass is 9.99. The first kappa shape index (κ1) is 29.7. The van der Waals surface area contributed by atoms with Crippen LogP contribution in [0.3, 0.4) is 0 Å². The maximum atomic E-state index is 12.8. The molecule has 20 nitrogen and oxygen atoms in total. The third-order valence-electron chi connectivity index (χ3n) is 5.09. The molecule has 0 spiro atoms. The fraction of sp³-hybridized carbons (Fsp3) is 0.667. The number of carbonyl (C=O) groups is 1. The molecular weight excluding hydrogens is 558 g/mol. The van der Waals surface area contributed by atoms with E-state index in [1.807, 2.05) is 4.98 Å². The van der Waals surface area contributed by atoms with Gasteiger partial charge in [-0.25, -0.2) is 18.7 Å². The maximum Gasteiger partial charge on any atom is 0.541 e. The highest BCUT2D eigenvalue weighted by molar-refractivity contribution is 7.61. The largest absolute Gasteiger partial charge is 0.541 e. The minimum Gasteiger partial charge on any atom is -0.387 e. The minimum atomic E-state index is -5.73. The van der Waals surface area contributed by atoms with E-state index in [1.54, 1.807) is 0 Å². The van der Waals surface area contributed by atoms with Crippen LogP contribution in [-0.4, -0.2) is 112 Å². The molecule has 1 aromatic rings. The van der Waals surface area contributed by atoms with Gasteiger partial charge in [0.2, 0.25) is 0 Å². The van der Waals surface area contributed by atoms with Crippen molar-refractivity contribution in [2.45, 2.75) is 55.2 Å². The zero-order chi connectivity index (χ0) is 27.9. The predicted octanol–water partition coefficient (Wildman–Crippen LogP) is -5.27. The number of aromatic amines is 1. The zero-order valence-electron chi connectivity index (χ0n) is 18.1. The van der Waals surface area contributed by atoms with Crippen molar-refractivity contribution >= 4 is 21.6 Å². The van der Waals surface area contributed by atoms with Crippen molar-refractivity contribution in [1.82, 2.24) is 9.55 Å². The van der Waals surface area contributed by atoms with Gasteiger partial charge in [0.05, 0.1) is 6.61 Å². The number of rotatable bonds is 8. The van der Waals surface area contributed by atoms with Crippen LogP contribution in [0, 0.1) is 0 Å². The number of hydrogen-bond acceptors (Lipinski definition) is 16. The average Bonchev–Trinajstić information content (AvgIpc) is 3.06. The van der Waals surface area contributed by atoms with Gasteiger partial charge in [0, 0.05) is 12.3 Å². The van der Waals surface area contributed by atoms with Crippen LogP contribution in [-0.2, 0) is 36.8 Å². The van der Waals surface area contributed by atoms with E-state index in [4.69, 9.17) is 14.5 Å². The summed E-state index contributed by atoms with van der Waals surface area (Å²) in [5.74, 6) is -1.93. The number of phosphoric acid groups is 2. The van der Waals surface area contributed by atoms with Gasteiger partial charge in [-0.15, -0.1) is 0 Å². The Kier molecular flexibility index (Phi) is 8.89. The fourth-order valence-corrected chi connectivity index (χ4v) is 5.37. The zero-order valence-corrected chi connectivity index (χ0v) is 19.8. The smallest absolute Gasteiger partial charge is 0.387 e. The Bertz CT molecular complexity index is 1200. The van der Waals surface area contributed by atoms with Gasteiger partial charge in [-0.3, -0.25) is 18.9 Å². The quantitative estimate of drug-likeness (QED) is 0.130. The number of aliphatic hydroxyl groups is 6. The number of aliphatic hydroxyl groups excluding tert-OH is 6. The molecule has 2 aliphatic rings. The number of ether oxygens (including phenoxy) is 2. The van der Waals surface area contributed by atoms with Crippen molar-refractivity contribution in [2.75, 3.05) is 6.61 Å². The van der Waals surface area contributed by atoms with Gasteiger partial charge in [0.15, 0.2) is 18.6 Å². The van der Waals surface area contributed by atoms with Gasteiger partial charge in [-0.05, 0) is 0 Å². The van der Waals surface area contributed by atoms with Crippen LogP contribution in [0.5, 0.6) is 0 Å². The van der Waals surface area contributed by atoms with Crippen LogP contribution in [0.2, 0.25) is 0 Å². The summed E-state index contributed by atoms with van der Waals surface area (Å²) in [6.07, 6.45) is -17.2. The minimum absolute atomic E-state index is 0.674. The highest BCUT2D eigenvalue weighted by Crippen LogP contribution is 2.61. The van der Waals surface area contributed by atoms with Crippen LogP contribution in [0.25, 0.3) is 0 Å². The number of nitrogens with zero attached hydrogens (tertiary/aromatic N) is 1. The monoisotopic (exact) mass is 580 g/mol. The van der Waals surface area contributed by atoms with Gasteiger partial charge < -0.3 is 54.4 Å². The Morgan fingerprint density at radius 3 is 2.22 bits per heavy atom. The van der Waals surface area contributed by atoms with Crippen molar-refractivity contribution < 1.29 is 77.2 Å². The topological polar surface area (TPSA) is 314 Å². The Balaban J connectivity index is 1.76. The highest BCUT2D eigenvalue weighted by atomic mass is 31.3. The second kappa shape index (κ2) is 11.1. The van der Waals surface area contributed by atoms with E-state index < -0.39 is 94.7 Å². The summed E-state index contributed by atoms with van der Waals surface area (Å²) in [6.45, 7) is -1.16. The molecule has 10 atom stereocenters. The van der Waals surface area contributed by atoms with Crippen LogP contribution >= 0.6 is 15.6 Å². The van der Waals surface area contributed by atoms with Crippen LogP contribution in [0.4, 0.5) is 0 Å². The molecule has 2 aliphatic heterocycles. The number of aromatic nitrogens is 2. The second-order valence-corrected chi connectivity index (χ2v) is 10.7. The summed E-state index contributed by atoms with van der Waals surface area (Å²) in [4.78, 5) is 55.4. The predicted molar refractivity (Wildman–Crippen MR) is 109 cm³/mol. The maximum absolute atomic E-state index is 12.8. The molecule has 0 bridgehead atoms. The molecule has 3 rings (SSSR count). The summed E-state index contributed by atoms with van der Waals surface area (Å²) >= 11 is 0. The van der Waals surface area contributed by atoms with Crippen molar-refractivity contribution in [2.24, 2.45) is 0 Å². The molecule has 0 amide bonds. The SMILES string of the molecule is O=C(OP(=O)(OC[C@@H]1O[C@H](n2ccc(=O)[nH]c2=O)C(O)C1O)OP(=O)(O)O)[C@H]1O[C@@H](O)[C@H](O)[C@@H](O)[C@@H]1O. The van der Waals surface area contributed by atoms with E-state index in [9.17, 15) is 54.2 Å². The molecule has 2 fully saturated rings. The first-order chi connectivity index (χ1) is 17.0. The number of nitrogens with one attached hydrogen (secondary N) is 1. The lowest BCUT2D eigenvalue weighted by molar-refractivity contribution is -0.279. The third kappa shape index (κ3) is 6.77. The van der Waals surface area contributed by atoms with E-state index >= 15 is 0 Å². The summed E-state index contributed by atoms with van der Waals surface area (Å²) < 4.78 is 47.5. The molecule has 3 unspecified atom stereocenters. The average molecular weight is 580 g/mol. The first-order valence-corrected chi connectivity index (χ1v) is 13.0. The molecule has 0 aromatic carbocycles. The molecule has 2 saturated heterocycles. The number of H-pyrrole nitrogens is 1. The number of carbonyl (C=O) groups excluding carboxylic acids is 1. The van der Waals surface area contributed by atoms with Gasteiger partial charge in [0.25, 0.3) is 5.56 Å². The molecule has 9 N–H and O–H groups in total. The summed E-state index contributed by atoms with van der Waals surface area (Å²) in [7, 11) is -11.4. The lowest BCUT2D eigenvalue weighted by Gasteiger charge is -2.37. The normalized spacial score (nSPS) is 36.2.